The van der Waals surface area contributed by atoms with Gasteiger partial charge in [0.05, 0.1) is 18.5 Å². The molecule has 0 saturated carbocycles. The molecule has 0 radical (unpaired) electrons. The second-order valence-corrected chi connectivity index (χ2v) is 4.72. The number of nitrogens with one attached hydrogen (secondary N) is 1. The molecule has 0 spiro atoms. The van der Waals surface area contributed by atoms with Crippen molar-refractivity contribution in [2.24, 2.45) is 0 Å². The number of nitrogens with zero attached hydrogens (tertiary/aromatic N) is 2. The van der Waals surface area contributed by atoms with E-state index in [-0.39, 0.29) is 29.2 Å². The Balaban J connectivity index is 2.78. The van der Waals surface area contributed by atoms with Crippen LogP contribution >= 0.6 is 0 Å². The minimum atomic E-state index is -0.297. The lowest BCUT2D eigenvalue weighted by Gasteiger charge is -2.14. The molecule has 1 aromatic rings. The molecule has 0 aromatic carbocycles. The summed E-state index contributed by atoms with van der Waals surface area (Å²) in [5.41, 5.74) is 6.26. The molecule has 3 N–H and O–H groups in total. The number of hydrogen-bond donors (Lipinski definition) is 2. The third-order valence-electron chi connectivity index (χ3n) is 2.52. The Morgan fingerprint density at radius 3 is 2.74 bits per heavy atom. The number of carbonyl (C=O) groups is 1. The molecule has 1 atom stereocenters. The van der Waals surface area contributed by atoms with Gasteiger partial charge >= 0.3 is 0 Å². The van der Waals surface area contributed by atoms with Crippen molar-refractivity contribution in [3.8, 4) is 0 Å². The first-order chi connectivity index (χ1) is 8.95. The summed E-state index contributed by atoms with van der Waals surface area (Å²) in [4.78, 5) is 20.4. The number of nitrogens with two attached hydrogens (primary N) is 1. The number of rotatable bonds is 6. The van der Waals surface area contributed by atoms with Crippen LogP contribution in [0.2, 0.25) is 0 Å². The van der Waals surface area contributed by atoms with Gasteiger partial charge < -0.3 is 15.8 Å². The van der Waals surface area contributed by atoms with Gasteiger partial charge in [0.25, 0.3) is 5.91 Å². The maximum absolute atomic E-state index is 12.1. The maximum atomic E-state index is 12.1. The normalized spacial score (nSPS) is 12.5. The van der Waals surface area contributed by atoms with Gasteiger partial charge in [0.1, 0.15) is 5.82 Å². The molecule has 1 rings (SSSR count). The van der Waals surface area contributed by atoms with Gasteiger partial charge in [-0.1, -0.05) is 13.8 Å². The molecule has 0 bridgehead atoms. The molecule has 0 aliphatic rings. The first-order valence-electron chi connectivity index (χ1n) is 6.46. The van der Waals surface area contributed by atoms with E-state index in [0.717, 1.165) is 0 Å². The lowest BCUT2D eigenvalue weighted by molar-refractivity contribution is 0.0868. The van der Waals surface area contributed by atoms with E-state index < -0.39 is 0 Å². The number of amides is 1. The standard InChI is InChI=1S/C13H22N4O2/c1-5-19-7-9(4)16-13(18)11-10(14)6-15-12(17-11)8(2)3/h6,8-9H,5,7,14H2,1-4H3,(H,16,18). The van der Waals surface area contributed by atoms with Gasteiger partial charge in [-0.15, -0.1) is 0 Å². The van der Waals surface area contributed by atoms with Crippen molar-refractivity contribution in [3.05, 3.63) is 17.7 Å². The Morgan fingerprint density at radius 1 is 1.47 bits per heavy atom. The highest BCUT2D eigenvalue weighted by molar-refractivity contribution is 5.97. The van der Waals surface area contributed by atoms with Gasteiger partial charge in [-0.25, -0.2) is 9.97 Å². The minimum Gasteiger partial charge on any atom is -0.396 e. The first-order valence-corrected chi connectivity index (χ1v) is 6.46. The summed E-state index contributed by atoms with van der Waals surface area (Å²) in [6, 6.07) is -0.0932. The molecule has 19 heavy (non-hydrogen) atoms. The zero-order chi connectivity index (χ0) is 14.4. The quantitative estimate of drug-likeness (QED) is 0.810. The van der Waals surface area contributed by atoms with E-state index in [1.165, 1.54) is 6.20 Å². The number of carbonyl (C=O) groups excluding carboxylic acids is 1. The summed E-state index contributed by atoms with van der Waals surface area (Å²) < 4.78 is 5.25. The summed E-state index contributed by atoms with van der Waals surface area (Å²) in [5.74, 6) is 0.457. The van der Waals surface area contributed by atoms with Crippen molar-refractivity contribution >= 4 is 11.6 Å². The zero-order valence-electron chi connectivity index (χ0n) is 11.9. The number of aromatic nitrogens is 2. The molecule has 0 aliphatic heterocycles. The van der Waals surface area contributed by atoms with Crippen LogP contribution in [0.5, 0.6) is 0 Å². The smallest absolute Gasteiger partial charge is 0.272 e. The maximum Gasteiger partial charge on any atom is 0.272 e. The molecule has 0 saturated heterocycles. The Hall–Kier alpha value is -1.69. The molecule has 0 aliphatic carbocycles. The van der Waals surface area contributed by atoms with Gasteiger partial charge in [0, 0.05) is 18.6 Å². The molecular formula is C13H22N4O2. The topological polar surface area (TPSA) is 90.1 Å². The van der Waals surface area contributed by atoms with E-state index >= 15 is 0 Å². The van der Waals surface area contributed by atoms with E-state index in [0.29, 0.717) is 19.0 Å². The summed E-state index contributed by atoms with van der Waals surface area (Å²) in [6.45, 7) is 8.79. The van der Waals surface area contributed by atoms with E-state index in [2.05, 4.69) is 15.3 Å². The van der Waals surface area contributed by atoms with Crippen molar-refractivity contribution in [1.29, 1.82) is 0 Å². The summed E-state index contributed by atoms with van der Waals surface area (Å²) in [6.07, 6.45) is 1.48. The van der Waals surface area contributed by atoms with Crippen LogP contribution in [0.4, 0.5) is 5.69 Å². The van der Waals surface area contributed by atoms with E-state index in [9.17, 15) is 4.79 Å². The molecular weight excluding hydrogens is 244 g/mol. The Morgan fingerprint density at radius 2 is 2.16 bits per heavy atom. The fourth-order valence-electron chi connectivity index (χ4n) is 1.49. The van der Waals surface area contributed by atoms with Crippen LogP contribution in [0.25, 0.3) is 0 Å². The lowest BCUT2D eigenvalue weighted by atomic mass is 10.2. The fraction of sp³-hybridized carbons (Fsp3) is 0.615. The second kappa shape index (κ2) is 7.04. The molecule has 1 aromatic heterocycles. The van der Waals surface area contributed by atoms with Gasteiger partial charge in [-0.2, -0.15) is 0 Å². The van der Waals surface area contributed by atoms with Gasteiger partial charge in [-0.3, -0.25) is 4.79 Å². The van der Waals surface area contributed by atoms with Crippen LogP contribution in [0.1, 0.15) is 49.9 Å². The zero-order valence-corrected chi connectivity index (χ0v) is 11.9. The fourth-order valence-corrected chi connectivity index (χ4v) is 1.49. The third kappa shape index (κ3) is 4.48. The van der Waals surface area contributed by atoms with Crippen molar-refractivity contribution < 1.29 is 9.53 Å². The number of anilines is 1. The van der Waals surface area contributed by atoms with Crippen molar-refractivity contribution in [2.45, 2.75) is 39.7 Å². The molecule has 6 nitrogen and oxygen atoms in total. The minimum absolute atomic E-state index is 0.0932. The number of nitrogen functional groups attached to an aromatic ring is 1. The van der Waals surface area contributed by atoms with Gasteiger partial charge in [0.2, 0.25) is 0 Å². The second-order valence-electron chi connectivity index (χ2n) is 4.72. The predicted molar refractivity (Wildman–Crippen MR) is 74.0 cm³/mol. The molecule has 106 valence electrons. The van der Waals surface area contributed by atoms with Crippen molar-refractivity contribution in [3.63, 3.8) is 0 Å². The molecule has 1 unspecified atom stereocenters. The summed E-state index contributed by atoms with van der Waals surface area (Å²) in [7, 11) is 0. The highest BCUT2D eigenvalue weighted by Crippen LogP contribution is 2.13. The Kier molecular flexibility index (Phi) is 5.69. The third-order valence-corrected chi connectivity index (χ3v) is 2.52. The predicted octanol–water partition coefficient (Wildman–Crippen LogP) is 1.34. The molecule has 1 amide bonds. The van der Waals surface area contributed by atoms with Gasteiger partial charge in [0.15, 0.2) is 5.69 Å². The average molecular weight is 266 g/mol. The largest absolute Gasteiger partial charge is 0.396 e. The molecule has 0 fully saturated rings. The van der Waals surface area contributed by atoms with Crippen LogP contribution in [0, 0.1) is 0 Å². The van der Waals surface area contributed by atoms with E-state index in [4.69, 9.17) is 10.5 Å². The summed E-state index contributed by atoms with van der Waals surface area (Å²) in [5, 5.41) is 2.80. The van der Waals surface area contributed by atoms with E-state index in [1.54, 1.807) is 0 Å². The monoisotopic (exact) mass is 266 g/mol. The number of hydrogen-bond acceptors (Lipinski definition) is 5. The molecule has 6 heteroatoms. The van der Waals surface area contributed by atoms with Crippen LogP contribution in [-0.2, 0) is 4.74 Å². The van der Waals surface area contributed by atoms with Crippen LogP contribution < -0.4 is 11.1 Å². The highest BCUT2D eigenvalue weighted by atomic mass is 16.5. The molecule has 1 heterocycles. The highest BCUT2D eigenvalue weighted by Gasteiger charge is 2.16. The first kappa shape index (κ1) is 15.4. The SMILES string of the molecule is CCOCC(C)NC(=O)c1nc(C(C)C)ncc1N. The van der Waals surface area contributed by atoms with Crippen molar-refractivity contribution in [1.82, 2.24) is 15.3 Å². The van der Waals surface area contributed by atoms with Crippen molar-refractivity contribution in [2.75, 3.05) is 18.9 Å². The summed E-state index contributed by atoms with van der Waals surface area (Å²) >= 11 is 0. The van der Waals surface area contributed by atoms with Crippen LogP contribution in [0.15, 0.2) is 6.20 Å². The Labute approximate surface area is 113 Å². The van der Waals surface area contributed by atoms with E-state index in [1.807, 2.05) is 27.7 Å². The van der Waals surface area contributed by atoms with Gasteiger partial charge in [-0.05, 0) is 13.8 Å². The Bertz CT molecular complexity index is 435. The van der Waals surface area contributed by atoms with Crippen LogP contribution in [0.3, 0.4) is 0 Å². The number of ether oxygens (including phenoxy) is 1. The lowest BCUT2D eigenvalue weighted by Crippen LogP contribution is -2.37. The average Bonchev–Trinajstić information content (AvgIpc) is 2.36. The van der Waals surface area contributed by atoms with Crippen LogP contribution in [-0.4, -0.2) is 35.1 Å².